The van der Waals surface area contributed by atoms with Crippen LogP contribution in [0.3, 0.4) is 0 Å². The summed E-state index contributed by atoms with van der Waals surface area (Å²) in [5, 5.41) is 0.872. The lowest BCUT2D eigenvalue weighted by atomic mass is 10.00. The van der Waals surface area contributed by atoms with Crippen molar-refractivity contribution in [2.45, 2.75) is 20.0 Å². The Morgan fingerprint density at radius 3 is 2.43 bits per heavy atom. The van der Waals surface area contributed by atoms with Crippen LogP contribution in [0.4, 0.5) is 4.39 Å². The summed E-state index contributed by atoms with van der Waals surface area (Å²) < 4.78 is 20.0. The molecule has 0 aliphatic rings. The fourth-order valence-corrected chi connectivity index (χ4v) is 2.83. The largest absolute Gasteiger partial charge is 0.485 e. The van der Waals surface area contributed by atoms with Crippen molar-refractivity contribution in [3.63, 3.8) is 0 Å². The van der Waals surface area contributed by atoms with E-state index in [-0.39, 0.29) is 11.9 Å². The van der Waals surface area contributed by atoms with E-state index < -0.39 is 0 Å². The Bertz CT molecular complexity index is 733. The molecule has 0 aliphatic heterocycles. The molecule has 0 saturated heterocycles. The Morgan fingerprint density at radius 2 is 1.87 bits per heavy atom. The van der Waals surface area contributed by atoms with Gasteiger partial charge in [-0.15, -0.1) is 0 Å². The highest BCUT2D eigenvalue weighted by molar-refractivity contribution is 6.39. The predicted octanol–water partition coefficient (Wildman–Crippen LogP) is 6.79. The summed E-state index contributed by atoms with van der Waals surface area (Å²) >= 11 is 12.6. The third-order valence-corrected chi connectivity index (χ3v) is 3.93. The Balaban J connectivity index is 2.77. The Morgan fingerprint density at radius 1 is 1.22 bits per heavy atom. The van der Waals surface area contributed by atoms with Crippen LogP contribution in [0.5, 0.6) is 5.75 Å². The Kier molecular flexibility index (Phi) is 5.86. The molecular weight excluding hydrogens is 334 g/mol. The maximum Gasteiger partial charge on any atom is 0.135 e. The number of halogens is 3. The molecule has 23 heavy (non-hydrogen) atoms. The number of allylic oxidation sites excluding steroid dienone is 1. The van der Waals surface area contributed by atoms with Gasteiger partial charge in [0, 0.05) is 16.7 Å². The van der Waals surface area contributed by atoms with E-state index in [0.717, 1.165) is 0 Å². The zero-order valence-electron chi connectivity index (χ0n) is 12.9. The average molecular weight is 351 g/mol. The molecule has 2 rings (SSSR count). The number of ether oxygens (including phenoxy) is 1. The maximum absolute atomic E-state index is 14.1. The summed E-state index contributed by atoms with van der Waals surface area (Å²) in [6.45, 7) is 7.43. The van der Waals surface area contributed by atoms with Crippen molar-refractivity contribution in [2.75, 3.05) is 0 Å². The van der Waals surface area contributed by atoms with E-state index in [0.29, 0.717) is 32.5 Å². The van der Waals surface area contributed by atoms with E-state index in [1.807, 2.05) is 19.9 Å². The standard InChI is InChI=1S/C19H17Cl2FO/c1-4-7-13-10-14(22)11-15(19(13)23-12(3)5-2)18-16(20)8-6-9-17(18)21/h4-12H,2H2,1,3H3. The van der Waals surface area contributed by atoms with Gasteiger partial charge in [-0.1, -0.05) is 54.1 Å². The zero-order chi connectivity index (χ0) is 17.0. The van der Waals surface area contributed by atoms with E-state index in [2.05, 4.69) is 6.58 Å². The first-order valence-corrected chi connectivity index (χ1v) is 7.93. The third kappa shape index (κ3) is 3.95. The minimum Gasteiger partial charge on any atom is -0.485 e. The van der Waals surface area contributed by atoms with Gasteiger partial charge in [-0.3, -0.25) is 0 Å². The van der Waals surface area contributed by atoms with Gasteiger partial charge in [0.15, 0.2) is 0 Å². The number of hydrogen-bond acceptors (Lipinski definition) is 1. The monoisotopic (exact) mass is 350 g/mol. The SMILES string of the molecule is C=CC(C)Oc1c(C=CC)cc(F)cc1-c1c(Cl)cccc1Cl. The molecule has 2 aromatic carbocycles. The van der Waals surface area contributed by atoms with E-state index in [1.165, 1.54) is 12.1 Å². The van der Waals surface area contributed by atoms with Gasteiger partial charge in [0.2, 0.25) is 0 Å². The number of hydrogen-bond donors (Lipinski definition) is 0. The fourth-order valence-electron chi connectivity index (χ4n) is 2.22. The van der Waals surface area contributed by atoms with Crippen LogP contribution < -0.4 is 4.74 Å². The molecule has 4 heteroatoms. The lowest BCUT2D eigenvalue weighted by Crippen LogP contribution is -2.10. The van der Waals surface area contributed by atoms with Crippen LogP contribution in [-0.4, -0.2) is 6.10 Å². The molecule has 0 amide bonds. The van der Waals surface area contributed by atoms with Crippen LogP contribution in [0.1, 0.15) is 19.4 Å². The van der Waals surface area contributed by atoms with Gasteiger partial charge in [-0.05, 0) is 38.1 Å². The van der Waals surface area contributed by atoms with Gasteiger partial charge in [0.25, 0.3) is 0 Å². The molecule has 0 bridgehead atoms. The first kappa shape index (κ1) is 17.6. The van der Waals surface area contributed by atoms with Crippen molar-refractivity contribution in [2.24, 2.45) is 0 Å². The molecule has 0 spiro atoms. The smallest absolute Gasteiger partial charge is 0.135 e. The molecule has 120 valence electrons. The van der Waals surface area contributed by atoms with Gasteiger partial charge in [-0.2, -0.15) is 0 Å². The van der Waals surface area contributed by atoms with Crippen LogP contribution in [0.25, 0.3) is 17.2 Å². The molecule has 0 saturated carbocycles. The second-order valence-corrected chi connectivity index (χ2v) is 5.84. The van der Waals surface area contributed by atoms with Gasteiger partial charge < -0.3 is 4.74 Å². The van der Waals surface area contributed by atoms with E-state index in [4.69, 9.17) is 27.9 Å². The summed E-state index contributed by atoms with van der Waals surface area (Å²) in [6, 6.07) is 7.96. The van der Waals surface area contributed by atoms with Crippen molar-refractivity contribution >= 4 is 29.3 Å². The average Bonchev–Trinajstić information content (AvgIpc) is 2.50. The van der Waals surface area contributed by atoms with Gasteiger partial charge in [0.05, 0.1) is 10.0 Å². The maximum atomic E-state index is 14.1. The molecule has 1 atom stereocenters. The van der Waals surface area contributed by atoms with Gasteiger partial charge >= 0.3 is 0 Å². The summed E-state index contributed by atoms with van der Waals surface area (Å²) in [7, 11) is 0. The zero-order valence-corrected chi connectivity index (χ0v) is 14.5. The summed E-state index contributed by atoms with van der Waals surface area (Å²) in [6.07, 6.45) is 5.02. The normalized spacial score (nSPS) is 12.4. The van der Waals surface area contributed by atoms with Crippen LogP contribution >= 0.6 is 23.2 Å². The van der Waals surface area contributed by atoms with Gasteiger partial charge in [-0.25, -0.2) is 4.39 Å². The minimum absolute atomic E-state index is 0.246. The van der Waals surface area contributed by atoms with Crippen LogP contribution in [0, 0.1) is 5.82 Å². The van der Waals surface area contributed by atoms with E-state index in [9.17, 15) is 4.39 Å². The molecule has 0 aromatic heterocycles. The Hall–Kier alpha value is -1.77. The lowest BCUT2D eigenvalue weighted by molar-refractivity contribution is 0.270. The quantitative estimate of drug-likeness (QED) is 0.539. The molecule has 0 radical (unpaired) electrons. The molecule has 0 fully saturated rings. The second kappa shape index (κ2) is 7.67. The van der Waals surface area contributed by atoms with E-state index >= 15 is 0 Å². The van der Waals surface area contributed by atoms with Crippen molar-refractivity contribution in [1.29, 1.82) is 0 Å². The topological polar surface area (TPSA) is 9.23 Å². The van der Waals surface area contributed by atoms with Crippen molar-refractivity contribution in [3.05, 3.63) is 70.5 Å². The molecule has 1 nitrogen and oxygen atoms in total. The summed E-state index contributed by atoms with van der Waals surface area (Å²) in [5.74, 6) is 0.134. The fraction of sp³-hybridized carbons (Fsp3) is 0.158. The molecule has 0 aliphatic carbocycles. The third-order valence-electron chi connectivity index (χ3n) is 3.30. The highest BCUT2D eigenvalue weighted by Crippen LogP contribution is 2.42. The van der Waals surface area contributed by atoms with Gasteiger partial charge in [0.1, 0.15) is 17.7 Å². The first-order chi connectivity index (χ1) is 11.0. The summed E-state index contributed by atoms with van der Waals surface area (Å²) in [5.41, 5.74) is 1.68. The molecule has 1 unspecified atom stereocenters. The number of benzene rings is 2. The number of rotatable bonds is 5. The Labute approximate surface area is 146 Å². The van der Waals surface area contributed by atoms with Crippen molar-refractivity contribution < 1.29 is 9.13 Å². The van der Waals surface area contributed by atoms with E-state index in [1.54, 1.807) is 30.4 Å². The van der Waals surface area contributed by atoms with Crippen LogP contribution in [-0.2, 0) is 0 Å². The van der Waals surface area contributed by atoms with Crippen LogP contribution in [0.15, 0.2) is 49.1 Å². The first-order valence-electron chi connectivity index (χ1n) is 7.17. The highest BCUT2D eigenvalue weighted by Gasteiger charge is 2.19. The highest BCUT2D eigenvalue weighted by atomic mass is 35.5. The van der Waals surface area contributed by atoms with Crippen LogP contribution in [0.2, 0.25) is 10.0 Å². The molecule has 0 heterocycles. The molecular formula is C19H17Cl2FO. The summed E-state index contributed by atoms with van der Waals surface area (Å²) in [4.78, 5) is 0. The van der Waals surface area contributed by atoms with Crippen molar-refractivity contribution in [3.8, 4) is 16.9 Å². The molecule has 2 aromatic rings. The minimum atomic E-state index is -0.386. The second-order valence-electron chi connectivity index (χ2n) is 5.03. The predicted molar refractivity (Wildman–Crippen MR) is 96.9 cm³/mol. The molecule has 0 N–H and O–H groups in total. The lowest BCUT2D eigenvalue weighted by Gasteiger charge is -2.19. The van der Waals surface area contributed by atoms with Crippen molar-refractivity contribution in [1.82, 2.24) is 0 Å².